The molecule has 1 aliphatic heterocycles. The number of nitrogens with two attached hydrogens (primary N) is 1. The molecule has 44 heavy (non-hydrogen) atoms. The number of alkyl halides is 3. The molecule has 0 saturated carbocycles. The zero-order valence-corrected chi connectivity index (χ0v) is 26.0. The van der Waals surface area contributed by atoms with Crippen LogP contribution in [0.15, 0.2) is 46.3 Å². The van der Waals surface area contributed by atoms with Gasteiger partial charge in [-0.1, -0.05) is 35.6 Å². The number of aliphatic imine (C=N–C) groups is 1. The lowest BCUT2D eigenvalue weighted by molar-refractivity contribution is -0.169. The van der Waals surface area contributed by atoms with E-state index in [-0.39, 0.29) is 22.4 Å². The van der Waals surface area contributed by atoms with Gasteiger partial charge < -0.3 is 21.1 Å². The molecule has 1 aliphatic rings. The van der Waals surface area contributed by atoms with Gasteiger partial charge in [0, 0.05) is 25.7 Å². The van der Waals surface area contributed by atoms with Gasteiger partial charge >= 0.3 is 12.1 Å². The first kappa shape index (κ1) is 34.4. The number of rotatable bonds is 10. The van der Waals surface area contributed by atoms with Crippen LogP contribution in [0.5, 0.6) is 5.75 Å². The number of amidine groups is 1. The molecule has 0 fully saturated rings. The van der Waals surface area contributed by atoms with E-state index in [9.17, 15) is 26.4 Å². The summed E-state index contributed by atoms with van der Waals surface area (Å²) >= 11 is 1.08. The molecule has 2 heterocycles. The van der Waals surface area contributed by atoms with Crippen molar-refractivity contribution in [2.45, 2.75) is 37.9 Å². The van der Waals surface area contributed by atoms with E-state index >= 15 is 0 Å². The molecule has 0 saturated heterocycles. The Hall–Kier alpha value is -4.09. The van der Waals surface area contributed by atoms with Crippen LogP contribution in [0.3, 0.4) is 0 Å². The Morgan fingerprint density at radius 2 is 1.75 bits per heavy atom. The van der Waals surface area contributed by atoms with E-state index in [0.29, 0.717) is 34.8 Å². The number of benzene rings is 2. The molecule has 0 spiro atoms. The molecule has 0 bridgehead atoms. The standard InChI is InChI=1S/C25H30N6O4S2.C2H2F3NO/c1-16-13-20(35-4)14-17(2)22(16)37(33,34)31(3)15-21-29-30-25(36-21)24(32)28-10-9-18-5-7-19(8-6-18)23-26-11-12-27-23;3-2(4,5)1(6)7/h5-8,13-14H,9-12,15H2,1-4H3,(H,26,27)(H,28,32);(H2,6,7). The average Bonchev–Trinajstić information content (AvgIpc) is 3.65. The molecule has 1 aromatic heterocycles. The smallest absolute Gasteiger partial charge is 0.470 e. The van der Waals surface area contributed by atoms with Gasteiger partial charge in [0.25, 0.3) is 5.91 Å². The third-order valence-corrected chi connectivity index (χ3v) is 9.25. The number of nitrogens with zero attached hydrogens (tertiary/aromatic N) is 4. The third-order valence-electron chi connectivity index (χ3n) is 6.24. The molecule has 4 N–H and O–H groups in total. The van der Waals surface area contributed by atoms with Crippen LogP contribution in [0.2, 0.25) is 0 Å². The van der Waals surface area contributed by atoms with Gasteiger partial charge in [-0.2, -0.15) is 17.5 Å². The number of primary amides is 1. The van der Waals surface area contributed by atoms with E-state index in [1.165, 1.54) is 11.4 Å². The van der Waals surface area contributed by atoms with Crippen molar-refractivity contribution in [1.29, 1.82) is 0 Å². The number of methoxy groups -OCH3 is 1. The number of aryl methyl sites for hydroxylation is 2. The fourth-order valence-corrected chi connectivity index (χ4v) is 6.52. The predicted octanol–water partition coefficient (Wildman–Crippen LogP) is 2.34. The quantitative estimate of drug-likeness (QED) is 0.299. The zero-order chi connectivity index (χ0) is 32.7. The molecular formula is C27H32F3N7O5S2. The Kier molecular flexibility index (Phi) is 11.4. The SMILES string of the molecule is COc1cc(C)c(S(=O)(=O)N(C)Cc2nnc(C(=O)NCCc3ccc(C4=NCCN4)cc3)s2)c(C)c1.NC(=O)C(F)(F)F. The molecule has 3 aromatic rings. The largest absolute Gasteiger partial charge is 0.497 e. The van der Waals surface area contributed by atoms with E-state index in [1.54, 1.807) is 33.1 Å². The van der Waals surface area contributed by atoms with Gasteiger partial charge in [-0.05, 0) is 49.1 Å². The van der Waals surface area contributed by atoms with Crippen molar-refractivity contribution in [3.05, 3.63) is 68.7 Å². The maximum absolute atomic E-state index is 13.2. The van der Waals surface area contributed by atoms with Crippen molar-refractivity contribution < 1.29 is 35.9 Å². The maximum atomic E-state index is 13.2. The normalized spacial score (nSPS) is 13.0. The molecule has 2 amide bonds. The van der Waals surface area contributed by atoms with Crippen molar-refractivity contribution in [2.75, 3.05) is 33.8 Å². The lowest BCUT2D eigenvalue weighted by Crippen LogP contribution is -2.30. The fourth-order valence-electron chi connectivity index (χ4n) is 4.09. The molecule has 12 nitrogen and oxygen atoms in total. The Morgan fingerprint density at radius 3 is 2.27 bits per heavy atom. The van der Waals surface area contributed by atoms with E-state index in [2.05, 4.69) is 31.6 Å². The number of halogens is 3. The fraction of sp³-hybridized carbons (Fsp3) is 0.370. The number of carbonyl (C=O) groups excluding carboxylic acids is 2. The highest BCUT2D eigenvalue weighted by Crippen LogP contribution is 2.28. The van der Waals surface area contributed by atoms with Gasteiger partial charge in [-0.25, -0.2) is 8.42 Å². The first-order valence-corrected chi connectivity index (χ1v) is 15.4. The Balaban J connectivity index is 0.000000676. The summed E-state index contributed by atoms with van der Waals surface area (Å²) in [5, 5.41) is 14.7. The van der Waals surface area contributed by atoms with Gasteiger partial charge in [-0.3, -0.25) is 14.6 Å². The summed E-state index contributed by atoms with van der Waals surface area (Å²) in [6, 6.07) is 11.5. The minimum Gasteiger partial charge on any atom is -0.497 e. The highest BCUT2D eigenvalue weighted by molar-refractivity contribution is 7.89. The molecular weight excluding hydrogens is 623 g/mol. The van der Waals surface area contributed by atoms with E-state index in [4.69, 9.17) is 9.53 Å². The molecule has 238 valence electrons. The summed E-state index contributed by atoms with van der Waals surface area (Å²) in [5.41, 5.74) is 7.15. The van der Waals surface area contributed by atoms with Gasteiger partial charge in [0.1, 0.15) is 16.6 Å². The second-order valence-electron chi connectivity index (χ2n) is 9.57. The molecule has 2 aromatic carbocycles. The number of amides is 2. The summed E-state index contributed by atoms with van der Waals surface area (Å²) in [6.45, 7) is 5.58. The van der Waals surface area contributed by atoms with Crippen molar-refractivity contribution in [3.63, 3.8) is 0 Å². The second-order valence-corrected chi connectivity index (χ2v) is 12.6. The zero-order valence-electron chi connectivity index (χ0n) is 24.4. The lowest BCUT2D eigenvalue weighted by atomic mass is 10.1. The van der Waals surface area contributed by atoms with Crippen molar-refractivity contribution >= 4 is 39.0 Å². The number of carbonyl (C=O) groups is 2. The number of hydrogen-bond donors (Lipinski definition) is 3. The molecule has 0 unspecified atom stereocenters. The van der Waals surface area contributed by atoms with Crippen LogP contribution in [-0.4, -0.2) is 80.5 Å². The summed E-state index contributed by atoms with van der Waals surface area (Å²) in [7, 11) is -0.755. The van der Waals surface area contributed by atoms with Crippen molar-refractivity contribution in [1.82, 2.24) is 25.1 Å². The Morgan fingerprint density at radius 1 is 1.14 bits per heavy atom. The predicted molar refractivity (Wildman–Crippen MR) is 158 cm³/mol. The molecule has 0 atom stereocenters. The summed E-state index contributed by atoms with van der Waals surface area (Å²) < 4.78 is 65.0. The van der Waals surface area contributed by atoms with Crippen LogP contribution >= 0.6 is 11.3 Å². The number of aromatic nitrogens is 2. The highest BCUT2D eigenvalue weighted by Gasteiger charge is 2.35. The monoisotopic (exact) mass is 655 g/mol. The molecule has 17 heteroatoms. The van der Waals surface area contributed by atoms with E-state index in [0.717, 1.165) is 41.4 Å². The lowest BCUT2D eigenvalue weighted by Gasteiger charge is -2.19. The minimum atomic E-state index is -4.86. The van der Waals surface area contributed by atoms with E-state index < -0.39 is 22.1 Å². The summed E-state index contributed by atoms with van der Waals surface area (Å²) in [6.07, 6.45) is -4.20. The highest BCUT2D eigenvalue weighted by atomic mass is 32.2. The Labute approximate surface area is 256 Å². The number of ether oxygens (including phenoxy) is 1. The van der Waals surface area contributed by atoms with Gasteiger partial charge in [0.2, 0.25) is 15.0 Å². The topological polar surface area (TPSA) is 169 Å². The number of hydrogen-bond acceptors (Lipinski definition) is 10. The van der Waals surface area contributed by atoms with E-state index in [1.807, 2.05) is 24.3 Å². The summed E-state index contributed by atoms with van der Waals surface area (Å²) in [5.74, 6) is -1.07. The first-order chi connectivity index (χ1) is 20.6. The van der Waals surface area contributed by atoms with Crippen molar-refractivity contribution in [2.24, 2.45) is 10.7 Å². The van der Waals surface area contributed by atoms with Crippen LogP contribution in [0.4, 0.5) is 13.2 Å². The van der Waals surface area contributed by atoms with Crippen LogP contribution in [0.1, 0.15) is 37.1 Å². The van der Waals surface area contributed by atoms with Crippen LogP contribution < -0.4 is 21.1 Å². The first-order valence-electron chi connectivity index (χ1n) is 13.1. The van der Waals surface area contributed by atoms with Crippen LogP contribution in [0.25, 0.3) is 0 Å². The minimum absolute atomic E-state index is 0.00465. The van der Waals surface area contributed by atoms with Crippen LogP contribution in [0, 0.1) is 13.8 Å². The molecule has 0 radical (unpaired) electrons. The molecule has 4 rings (SSSR count). The maximum Gasteiger partial charge on any atom is 0.470 e. The number of sulfonamides is 1. The van der Waals surface area contributed by atoms with Gasteiger partial charge in [0.05, 0.1) is 25.1 Å². The second kappa shape index (κ2) is 14.6. The van der Waals surface area contributed by atoms with Gasteiger partial charge in [-0.15, -0.1) is 10.2 Å². The Bertz CT molecular complexity index is 1600. The third kappa shape index (κ3) is 8.96. The number of nitrogens with one attached hydrogen (secondary N) is 2. The summed E-state index contributed by atoms with van der Waals surface area (Å²) in [4.78, 5) is 26.3. The van der Waals surface area contributed by atoms with Crippen LogP contribution in [-0.2, 0) is 27.8 Å². The van der Waals surface area contributed by atoms with Gasteiger partial charge in [0.15, 0.2) is 0 Å². The van der Waals surface area contributed by atoms with Crippen molar-refractivity contribution in [3.8, 4) is 5.75 Å². The molecule has 0 aliphatic carbocycles. The average molecular weight is 656 g/mol.